The number of hydrogen-bond acceptors (Lipinski definition) is 3. The van der Waals surface area contributed by atoms with E-state index in [1.807, 2.05) is 25.1 Å². The molecule has 2 rings (SSSR count). The van der Waals surface area contributed by atoms with Gasteiger partial charge in [0.05, 0.1) is 5.56 Å². The minimum atomic E-state index is -0.552. The highest BCUT2D eigenvalue weighted by Crippen LogP contribution is 2.21. The van der Waals surface area contributed by atoms with Crippen molar-refractivity contribution in [1.29, 1.82) is 0 Å². The molecule has 0 spiro atoms. The van der Waals surface area contributed by atoms with E-state index in [0.717, 1.165) is 6.42 Å². The van der Waals surface area contributed by atoms with Crippen LogP contribution in [-0.2, 0) is 0 Å². The number of hydrogen-bond donors (Lipinski definition) is 1. The first-order valence-corrected chi connectivity index (χ1v) is 8.16. The Morgan fingerprint density at radius 2 is 1.83 bits per heavy atom. The van der Waals surface area contributed by atoms with E-state index in [9.17, 15) is 9.59 Å². The molecule has 0 aliphatic rings. The van der Waals surface area contributed by atoms with Crippen LogP contribution >= 0.6 is 0 Å². The largest absolute Gasteiger partial charge is 0.366 e. The highest BCUT2D eigenvalue weighted by atomic mass is 16.2. The zero-order chi connectivity index (χ0) is 17.5. The lowest BCUT2D eigenvalue weighted by molar-refractivity contribution is 0.0746. The maximum Gasteiger partial charge on any atom is 0.272 e. The number of carbonyl (C=O) groups is 2. The van der Waals surface area contributed by atoms with Crippen LogP contribution < -0.4 is 5.73 Å². The molecule has 0 saturated carbocycles. The summed E-state index contributed by atoms with van der Waals surface area (Å²) in [5.74, 6) is -0.410. The Kier molecular flexibility index (Phi) is 6.07. The lowest BCUT2D eigenvalue weighted by Gasteiger charge is -2.26. The van der Waals surface area contributed by atoms with Gasteiger partial charge in [-0.1, -0.05) is 37.3 Å². The lowest BCUT2D eigenvalue weighted by atomic mass is 9.96. The van der Waals surface area contributed by atoms with E-state index >= 15 is 0 Å². The average molecular weight is 325 g/mol. The SMILES string of the molecule is CCC(CN(CC)C(=O)c1ccc(C(N)=O)cn1)c1ccccc1. The van der Waals surface area contributed by atoms with Crippen LogP contribution in [0.15, 0.2) is 48.7 Å². The first kappa shape index (κ1) is 17.7. The van der Waals surface area contributed by atoms with Crippen LogP contribution in [0.2, 0.25) is 0 Å². The maximum atomic E-state index is 12.7. The molecule has 5 heteroatoms. The van der Waals surface area contributed by atoms with Gasteiger partial charge in [0.15, 0.2) is 0 Å². The van der Waals surface area contributed by atoms with Gasteiger partial charge in [-0.3, -0.25) is 14.6 Å². The second kappa shape index (κ2) is 8.24. The summed E-state index contributed by atoms with van der Waals surface area (Å²) in [7, 11) is 0. The Morgan fingerprint density at radius 1 is 1.12 bits per heavy atom. The molecule has 24 heavy (non-hydrogen) atoms. The van der Waals surface area contributed by atoms with Crippen LogP contribution in [0.1, 0.15) is 52.6 Å². The van der Waals surface area contributed by atoms with E-state index in [-0.39, 0.29) is 11.8 Å². The highest BCUT2D eigenvalue weighted by Gasteiger charge is 2.20. The zero-order valence-electron chi connectivity index (χ0n) is 14.1. The van der Waals surface area contributed by atoms with Gasteiger partial charge in [-0.25, -0.2) is 0 Å². The van der Waals surface area contributed by atoms with Gasteiger partial charge in [0.2, 0.25) is 5.91 Å². The number of carbonyl (C=O) groups excluding carboxylic acids is 2. The van der Waals surface area contributed by atoms with E-state index in [2.05, 4.69) is 24.0 Å². The van der Waals surface area contributed by atoms with E-state index in [1.165, 1.54) is 17.8 Å². The monoisotopic (exact) mass is 325 g/mol. The number of nitrogens with two attached hydrogens (primary N) is 1. The van der Waals surface area contributed by atoms with Crippen molar-refractivity contribution in [2.75, 3.05) is 13.1 Å². The van der Waals surface area contributed by atoms with Gasteiger partial charge in [-0.05, 0) is 31.0 Å². The van der Waals surface area contributed by atoms with Crippen molar-refractivity contribution in [2.24, 2.45) is 5.73 Å². The van der Waals surface area contributed by atoms with Gasteiger partial charge in [0, 0.05) is 25.2 Å². The molecule has 0 bridgehead atoms. The molecule has 1 aromatic heterocycles. The summed E-state index contributed by atoms with van der Waals surface area (Å²) in [6.07, 6.45) is 2.29. The fourth-order valence-corrected chi connectivity index (χ4v) is 2.65. The quantitative estimate of drug-likeness (QED) is 0.850. The molecule has 0 radical (unpaired) electrons. The maximum absolute atomic E-state index is 12.7. The van der Waals surface area contributed by atoms with Crippen molar-refractivity contribution in [3.8, 4) is 0 Å². The molecule has 1 atom stereocenters. The number of aromatic nitrogens is 1. The van der Waals surface area contributed by atoms with Crippen LogP contribution in [0.3, 0.4) is 0 Å². The van der Waals surface area contributed by atoms with Gasteiger partial charge in [-0.2, -0.15) is 0 Å². The smallest absolute Gasteiger partial charge is 0.272 e. The highest BCUT2D eigenvalue weighted by molar-refractivity contribution is 5.95. The van der Waals surface area contributed by atoms with Gasteiger partial charge < -0.3 is 10.6 Å². The summed E-state index contributed by atoms with van der Waals surface area (Å²) in [4.78, 5) is 29.7. The first-order chi connectivity index (χ1) is 11.6. The number of nitrogens with zero attached hydrogens (tertiary/aromatic N) is 2. The van der Waals surface area contributed by atoms with Crippen molar-refractivity contribution < 1.29 is 9.59 Å². The molecule has 0 aliphatic heterocycles. The fourth-order valence-electron chi connectivity index (χ4n) is 2.65. The van der Waals surface area contributed by atoms with Gasteiger partial charge in [0.1, 0.15) is 5.69 Å². The summed E-state index contributed by atoms with van der Waals surface area (Å²) >= 11 is 0. The molecule has 1 unspecified atom stereocenters. The van der Waals surface area contributed by atoms with Crippen molar-refractivity contribution in [2.45, 2.75) is 26.2 Å². The van der Waals surface area contributed by atoms with Crippen LogP contribution in [-0.4, -0.2) is 34.8 Å². The van der Waals surface area contributed by atoms with Gasteiger partial charge in [0.25, 0.3) is 5.91 Å². The van der Waals surface area contributed by atoms with Crippen LogP contribution in [0, 0.1) is 0 Å². The Morgan fingerprint density at radius 3 is 2.33 bits per heavy atom. The molecule has 2 aromatic rings. The molecule has 0 aliphatic carbocycles. The number of rotatable bonds is 7. The summed E-state index contributed by atoms with van der Waals surface area (Å²) in [5, 5.41) is 0. The van der Waals surface area contributed by atoms with Crippen molar-refractivity contribution in [3.63, 3.8) is 0 Å². The summed E-state index contributed by atoms with van der Waals surface area (Å²) in [5.41, 5.74) is 7.05. The van der Waals surface area contributed by atoms with Crippen LogP contribution in [0.5, 0.6) is 0 Å². The molecular weight excluding hydrogens is 302 g/mol. The van der Waals surface area contributed by atoms with Crippen molar-refractivity contribution in [3.05, 3.63) is 65.5 Å². The number of benzene rings is 1. The molecule has 5 nitrogen and oxygen atoms in total. The Hall–Kier alpha value is -2.69. The second-order valence-corrected chi connectivity index (χ2v) is 5.66. The summed E-state index contributed by atoms with van der Waals surface area (Å²) in [6, 6.07) is 13.3. The number of likely N-dealkylation sites (N-methyl/N-ethyl adjacent to an activating group) is 1. The minimum absolute atomic E-state index is 0.136. The van der Waals surface area contributed by atoms with Gasteiger partial charge in [-0.15, -0.1) is 0 Å². The van der Waals surface area contributed by atoms with E-state index in [0.29, 0.717) is 24.3 Å². The topological polar surface area (TPSA) is 76.3 Å². The molecule has 2 amide bonds. The summed E-state index contributed by atoms with van der Waals surface area (Å²) < 4.78 is 0. The van der Waals surface area contributed by atoms with E-state index < -0.39 is 5.91 Å². The third-order valence-electron chi connectivity index (χ3n) is 4.14. The Bertz CT molecular complexity index is 684. The number of amides is 2. The average Bonchev–Trinajstić information content (AvgIpc) is 2.63. The number of primary amides is 1. The lowest BCUT2D eigenvalue weighted by Crippen LogP contribution is -2.35. The zero-order valence-corrected chi connectivity index (χ0v) is 14.1. The standard InChI is InChI=1S/C19H23N3O2/c1-3-14(15-8-6-5-7-9-15)13-22(4-2)19(24)17-11-10-16(12-21-17)18(20)23/h5-12,14H,3-4,13H2,1-2H3,(H2,20,23). The fraction of sp³-hybridized carbons (Fsp3) is 0.316. The van der Waals surface area contributed by atoms with Crippen molar-refractivity contribution >= 4 is 11.8 Å². The predicted molar refractivity (Wildman–Crippen MR) is 93.8 cm³/mol. The molecular formula is C19H23N3O2. The third-order valence-corrected chi connectivity index (χ3v) is 4.14. The normalized spacial score (nSPS) is 11.8. The van der Waals surface area contributed by atoms with Crippen molar-refractivity contribution in [1.82, 2.24) is 9.88 Å². The number of pyridine rings is 1. The molecule has 1 heterocycles. The Balaban J connectivity index is 2.14. The summed E-state index contributed by atoms with van der Waals surface area (Å²) in [6.45, 7) is 5.31. The van der Waals surface area contributed by atoms with Crippen LogP contribution in [0.4, 0.5) is 0 Å². The molecule has 2 N–H and O–H groups in total. The molecule has 1 aromatic carbocycles. The van der Waals surface area contributed by atoms with E-state index in [1.54, 1.807) is 11.0 Å². The molecule has 0 fully saturated rings. The second-order valence-electron chi connectivity index (χ2n) is 5.66. The Labute approximate surface area is 142 Å². The minimum Gasteiger partial charge on any atom is -0.366 e. The van der Waals surface area contributed by atoms with Gasteiger partial charge >= 0.3 is 0 Å². The third kappa shape index (κ3) is 4.19. The van der Waals surface area contributed by atoms with Crippen LogP contribution in [0.25, 0.3) is 0 Å². The predicted octanol–water partition coefficient (Wildman–Crippen LogP) is 2.84. The van der Waals surface area contributed by atoms with E-state index in [4.69, 9.17) is 5.73 Å². The molecule has 126 valence electrons. The first-order valence-electron chi connectivity index (χ1n) is 8.16. The molecule has 0 saturated heterocycles.